The summed E-state index contributed by atoms with van der Waals surface area (Å²) < 4.78 is 5.48. The van der Waals surface area contributed by atoms with E-state index in [1.807, 2.05) is 30.8 Å². The van der Waals surface area contributed by atoms with Gasteiger partial charge in [-0.2, -0.15) is 11.8 Å². The van der Waals surface area contributed by atoms with E-state index in [0.717, 1.165) is 11.5 Å². The van der Waals surface area contributed by atoms with Gasteiger partial charge < -0.3 is 10.2 Å². The number of nitrogens with two attached hydrogens (primary N) is 1. The maximum absolute atomic E-state index is 6.05. The highest BCUT2D eigenvalue weighted by Gasteiger charge is 2.26. The highest BCUT2D eigenvalue weighted by atomic mass is 32.2. The van der Waals surface area contributed by atoms with E-state index >= 15 is 0 Å². The fourth-order valence-electron chi connectivity index (χ4n) is 1.92. The molecule has 0 radical (unpaired) electrons. The van der Waals surface area contributed by atoms with E-state index in [-0.39, 0.29) is 12.1 Å². The van der Waals surface area contributed by atoms with Gasteiger partial charge in [0.1, 0.15) is 5.76 Å². The van der Waals surface area contributed by atoms with Crippen molar-refractivity contribution in [2.45, 2.75) is 32.0 Å². The Kier molecular flexibility index (Phi) is 5.38. The summed E-state index contributed by atoms with van der Waals surface area (Å²) in [5.41, 5.74) is 6.05. The van der Waals surface area contributed by atoms with Crippen molar-refractivity contribution in [1.82, 2.24) is 4.90 Å². The molecule has 0 aliphatic carbocycles. The molecule has 0 amide bonds. The van der Waals surface area contributed by atoms with Crippen LogP contribution >= 0.6 is 11.8 Å². The average Bonchev–Trinajstić information content (AvgIpc) is 2.71. The first-order valence-electron chi connectivity index (χ1n) is 5.57. The minimum absolute atomic E-state index is 0.0560. The van der Waals surface area contributed by atoms with E-state index in [9.17, 15) is 0 Å². The van der Waals surface area contributed by atoms with Gasteiger partial charge in [0.2, 0.25) is 0 Å². The summed E-state index contributed by atoms with van der Waals surface area (Å²) in [5, 5.41) is 0. The molecule has 92 valence electrons. The van der Waals surface area contributed by atoms with Crippen LogP contribution in [0, 0.1) is 0 Å². The van der Waals surface area contributed by atoms with Gasteiger partial charge in [-0.15, -0.1) is 0 Å². The van der Waals surface area contributed by atoms with Crippen LogP contribution in [0.25, 0.3) is 0 Å². The van der Waals surface area contributed by atoms with Gasteiger partial charge in [0, 0.05) is 17.8 Å². The van der Waals surface area contributed by atoms with Gasteiger partial charge >= 0.3 is 0 Å². The molecule has 3 nitrogen and oxygen atoms in total. The number of hydrogen-bond donors (Lipinski definition) is 1. The highest BCUT2D eigenvalue weighted by Crippen LogP contribution is 2.25. The first kappa shape index (κ1) is 13.6. The van der Waals surface area contributed by atoms with Crippen LogP contribution in [0.15, 0.2) is 22.8 Å². The van der Waals surface area contributed by atoms with Crippen LogP contribution in [0.1, 0.15) is 25.6 Å². The van der Waals surface area contributed by atoms with Crippen molar-refractivity contribution in [2.75, 3.05) is 19.1 Å². The molecule has 0 aliphatic rings. The van der Waals surface area contributed by atoms with Crippen molar-refractivity contribution in [3.05, 3.63) is 24.2 Å². The third-order valence-corrected chi connectivity index (χ3v) is 3.69. The third kappa shape index (κ3) is 3.27. The smallest absolute Gasteiger partial charge is 0.122 e. The maximum Gasteiger partial charge on any atom is 0.122 e. The summed E-state index contributed by atoms with van der Waals surface area (Å²) >= 11 is 1.85. The molecule has 1 heterocycles. The zero-order valence-electron chi connectivity index (χ0n) is 10.5. The molecule has 16 heavy (non-hydrogen) atoms. The summed E-state index contributed by atoms with van der Waals surface area (Å²) in [7, 11) is 2.11. The zero-order chi connectivity index (χ0) is 12.1. The first-order chi connectivity index (χ1) is 7.57. The molecule has 4 heteroatoms. The molecule has 1 aromatic heterocycles. The Morgan fingerprint density at radius 1 is 1.50 bits per heavy atom. The molecule has 0 spiro atoms. The van der Waals surface area contributed by atoms with Crippen LogP contribution in [0.3, 0.4) is 0 Å². The number of nitrogens with zero attached hydrogens (tertiary/aromatic N) is 1. The second-order valence-corrected chi connectivity index (χ2v) is 5.20. The van der Waals surface area contributed by atoms with Crippen LogP contribution in [-0.4, -0.2) is 36.0 Å². The summed E-state index contributed by atoms with van der Waals surface area (Å²) in [5.74, 6) is 2.05. The Balaban J connectivity index is 2.78. The Morgan fingerprint density at radius 2 is 2.19 bits per heavy atom. The number of likely N-dealkylation sites (N-methyl/N-ethyl adjacent to an activating group) is 1. The lowest BCUT2D eigenvalue weighted by Gasteiger charge is -2.34. The van der Waals surface area contributed by atoms with Crippen molar-refractivity contribution in [1.29, 1.82) is 0 Å². The van der Waals surface area contributed by atoms with Crippen LogP contribution in [0.4, 0.5) is 0 Å². The SMILES string of the molecule is CSCC(C)N(C)C(c1ccco1)C(C)N. The van der Waals surface area contributed by atoms with E-state index in [2.05, 4.69) is 25.1 Å². The molecule has 0 aromatic carbocycles. The molecule has 0 saturated carbocycles. The van der Waals surface area contributed by atoms with Gasteiger partial charge in [0.15, 0.2) is 0 Å². The minimum atomic E-state index is 0.0560. The molecule has 1 rings (SSSR count). The second-order valence-electron chi connectivity index (χ2n) is 4.29. The average molecular weight is 242 g/mol. The van der Waals surface area contributed by atoms with Gasteiger partial charge in [-0.3, -0.25) is 4.90 Å². The lowest BCUT2D eigenvalue weighted by atomic mass is 10.1. The van der Waals surface area contributed by atoms with Crippen molar-refractivity contribution in [3.63, 3.8) is 0 Å². The quantitative estimate of drug-likeness (QED) is 0.831. The number of thioether (sulfide) groups is 1. The summed E-state index contributed by atoms with van der Waals surface area (Å²) in [6.07, 6.45) is 3.83. The topological polar surface area (TPSA) is 42.4 Å². The molecule has 0 aliphatic heterocycles. The van der Waals surface area contributed by atoms with Crippen molar-refractivity contribution < 1.29 is 4.42 Å². The Bertz CT molecular complexity index is 287. The van der Waals surface area contributed by atoms with Crippen LogP contribution in [0.2, 0.25) is 0 Å². The monoisotopic (exact) mass is 242 g/mol. The maximum atomic E-state index is 6.05. The van der Waals surface area contributed by atoms with E-state index in [0.29, 0.717) is 6.04 Å². The summed E-state index contributed by atoms with van der Waals surface area (Å²) in [6.45, 7) is 4.24. The van der Waals surface area contributed by atoms with E-state index in [4.69, 9.17) is 10.2 Å². The third-order valence-electron chi connectivity index (χ3n) is 2.87. The van der Waals surface area contributed by atoms with E-state index < -0.39 is 0 Å². The van der Waals surface area contributed by atoms with Gasteiger partial charge in [-0.25, -0.2) is 0 Å². The number of rotatable bonds is 6. The van der Waals surface area contributed by atoms with Gasteiger partial charge in [-0.1, -0.05) is 0 Å². The molecule has 0 fully saturated rings. The Morgan fingerprint density at radius 3 is 2.62 bits per heavy atom. The molecule has 1 aromatic rings. The molecular weight excluding hydrogens is 220 g/mol. The lowest BCUT2D eigenvalue weighted by Crippen LogP contribution is -2.42. The summed E-state index contributed by atoms with van der Waals surface area (Å²) in [4.78, 5) is 2.29. The van der Waals surface area contributed by atoms with Gasteiger partial charge in [-0.05, 0) is 39.3 Å². The van der Waals surface area contributed by atoms with Crippen LogP contribution in [0.5, 0.6) is 0 Å². The molecule has 0 saturated heterocycles. The molecule has 3 unspecified atom stereocenters. The van der Waals surface area contributed by atoms with Crippen molar-refractivity contribution in [2.24, 2.45) is 5.73 Å². The Hall–Kier alpha value is -0.450. The first-order valence-corrected chi connectivity index (χ1v) is 6.97. The lowest BCUT2D eigenvalue weighted by molar-refractivity contribution is 0.156. The molecule has 2 N–H and O–H groups in total. The molecule has 3 atom stereocenters. The predicted octanol–water partition coefficient (Wildman–Crippen LogP) is 2.35. The fourth-order valence-corrected chi connectivity index (χ4v) is 2.64. The van der Waals surface area contributed by atoms with Crippen LogP contribution in [-0.2, 0) is 0 Å². The molecule has 0 bridgehead atoms. The Labute approximate surface area is 102 Å². The number of furan rings is 1. The van der Waals surface area contributed by atoms with Crippen molar-refractivity contribution >= 4 is 11.8 Å². The second kappa shape index (κ2) is 6.33. The number of hydrogen-bond acceptors (Lipinski definition) is 4. The van der Waals surface area contributed by atoms with Crippen molar-refractivity contribution in [3.8, 4) is 0 Å². The zero-order valence-corrected chi connectivity index (χ0v) is 11.3. The van der Waals surface area contributed by atoms with Gasteiger partial charge in [0.25, 0.3) is 0 Å². The predicted molar refractivity (Wildman–Crippen MR) is 70.7 cm³/mol. The standard InChI is InChI=1S/C12H22N2OS/c1-9(8-16-4)14(3)12(10(2)13)11-6-5-7-15-11/h5-7,9-10,12H,8,13H2,1-4H3. The normalized spacial score (nSPS) is 17.4. The van der Waals surface area contributed by atoms with E-state index in [1.54, 1.807) is 6.26 Å². The largest absolute Gasteiger partial charge is 0.468 e. The van der Waals surface area contributed by atoms with Gasteiger partial charge in [0.05, 0.1) is 12.3 Å². The van der Waals surface area contributed by atoms with Crippen LogP contribution < -0.4 is 5.73 Å². The molecular formula is C12H22N2OS. The fraction of sp³-hybridized carbons (Fsp3) is 0.667. The summed E-state index contributed by atoms with van der Waals surface area (Å²) in [6, 6.07) is 4.60. The highest BCUT2D eigenvalue weighted by molar-refractivity contribution is 7.98. The van der Waals surface area contributed by atoms with E-state index in [1.165, 1.54) is 0 Å². The minimum Gasteiger partial charge on any atom is -0.468 e.